The van der Waals surface area contributed by atoms with Crippen LogP contribution in [0.1, 0.15) is 0 Å². The van der Waals surface area contributed by atoms with E-state index in [2.05, 4.69) is 22.8 Å². The molecular weight excluding hydrogens is 196 g/mol. The molecule has 70 valence electrons. The Balaban J connectivity index is 2.58. The Bertz CT molecular complexity index is 493. The van der Waals surface area contributed by atoms with Gasteiger partial charge in [-0.25, -0.2) is 5.10 Å². The number of nitrogens with one attached hydrogen (secondary N) is 1. The van der Waals surface area contributed by atoms with Crippen LogP contribution in [0.15, 0.2) is 46.1 Å². The number of rotatable bonds is 1. The van der Waals surface area contributed by atoms with Crippen LogP contribution in [0, 0.1) is 0 Å². The van der Waals surface area contributed by atoms with Crippen molar-refractivity contribution >= 4 is 12.6 Å². The highest BCUT2D eigenvalue weighted by atomic mass is 32.1. The molecule has 0 bridgehead atoms. The lowest BCUT2D eigenvalue weighted by Gasteiger charge is -2.01. The highest BCUT2D eigenvalue weighted by molar-refractivity contribution is 7.80. The lowest BCUT2D eigenvalue weighted by Crippen LogP contribution is -2.07. The van der Waals surface area contributed by atoms with E-state index in [9.17, 15) is 4.79 Å². The Hall–Kier alpha value is -1.55. The summed E-state index contributed by atoms with van der Waals surface area (Å²) in [4.78, 5) is 11.5. The van der Waals surface area contributed by atoms with Crippen LogP contribution in [0.2, 0.25) is 0 Å². The van der Waals surface area contributed by atoms with Gasteiger partial charge in [0.1, 0.15) is 5.69 Å². The number of benzene rings is 1. The van der Waals surface area contributed by atoms with Gasteiger partial charge in [-0.1, -0.05) is 30.3 Å². The van der Waals surface area contributed by atoms with Crippen molar-refractivity contribution in [2.75, 3.05) is 0 Å². The van der Waals surface area contributed by atoms with E-state index in [0.29, 0.717) is 10.6 Å². The second-order valence-corrected chi connectivity index (χ2v) is 3.31. The van der Waals surface area contributed by atoms with Crippen LogP contribution in [-0.4, -0.2) is 10.2 Å². The van der Waals surface area contributed by atoms with Gasteiger partial charge < -0.3 is 0 Å². The van der Waals surface area contributed by atoms with E-state index >= 15 is 0 Å². The van der Waals surface area contributed by atoms with Crippen LogP contribution >= 0.6 is 12.6 Å². The largest absolute Gasteiger partial charge is 0.268 e. The molecule has 1 aromatic carbocycles. The zero-order valence-corrected chi connectivity index (χ0v) is 8.16. The highest BCUT2D eigenvalue weighted by Crippen LogP contribution is 2.21. The highest BCUT2D eigenvalue weighted by Gasteiger charge is 2.03. The smallest absolute Gasteiger partial charge is 0.265 e. The van der Waals surface area contributed by atoms with Crippen LogP contribution < -0.4 is 5.56 Å². The molecule has 4 heteroatoms. The minimum absolute atomic E-state index is 0.241. The molecule has 0 unspecified atom stereocenters. The summed E-state index contributed by atoms with van der Waals surface area (Å²) < 4.78 is 0. The number of aromatic nitrogens is 2. The SMILES string of the molecule is O=c1cc(S)c(-c2ccccc2)n[nH]1. The van der Waals surface area contributed by atoms with Crippen molar-refractivity contribution in [3.05, 3.63) is 46.8 Å². The Morgan fingerprint density at radius 1 is 1.21 bits per heavy atom. The summed E-state index contributed by atoms with van der Waals surface area (Å²) in [5, 5.41) is 6.32. The van der Waals surface area contributed by atoms with E-state index in [4.69, 9.17) is 0 Å². The molecule has 14 heavy (non-hydrogen) atoms. The average Bonchev–Trinajstić information content (AvgIpc) is 2.19. The zero-order chi connectivity index (χ0) is 9.97. The molecule has 2 aromatic rings. The lowest BCUT2D eigenvalue weighted by molar-refractivity contribution is 0.966. The average molecular weight is 204 g/mol. The van der Waals surface area contributed by atoms with E-state index in [1.165, 1.54) is 6.07 Å². The molecule has 1 N–H and O–H groups in total. The Labute approximate surface area is 86.2 Å². The van der Waals surface area contributed by atoms with Crippen LogP contribution in [0.3, 0.4) is 0 Å². The van der Waals surface area contributed by atoms with Crippen molar-refractivity contribution in [1.82, 2.24) is 10.2 Å². The van der Waals surface area contributed by atoms with Gasteiger partial charge in [0.25, 0.3) is 5.56 Å². The molecule has 1 heterocycles. The summed E-state index contributed by atoms with van der Waals surface area (Å²) in [6, 6.07) is 11.0. The number of hydrogen-bond donors (Lipinski definition) is 2. The van der Waals surface area contributed by atoms with Crippen molar-refractivity contribution < 1.29 is 0 Å². The summed E-state index contributed by atoms with van der Waals surface area (Å²) in [7, 11) is 0. The molecule has 0 aliphatic heterocycles. The number of thiol groups is 1. The minimum atomic E-state index is -0.241. The summed E-state index contributed by atoms with van der Waals surface area (Å²) in [5.74, 6) is 0. The van der Waals surface area contributed by atoms with Gasteiger partial charge in [-0.15, -0.1) is 12.6 Å². The van der Waals surface area contributed by atoms with E-state index in [0.717, 1.165) is 5.56 Å². The third kappa shape index (κ3) is 1.70. The second kappa shape index (κ2) is 3.67. The molecular formula is C10H8N2OS. The molecule has 0 spiro atoms. The minimum Gasteiger partial charge on any atom is -0.268 e. The predicted molar refractivity (Wildman–Crippen MR) is 57.5 cm³/mol. The van der Waals surface area contributed by atoms with Gasteiger partial charge in [0.05, 0.1) is 0 Å². The molecule has 0 saturated carbocycles. The fourth-order valence-corrected chi connectivity index (χ4v) is 1.50. The van der Waals surface area contributed by atoms with Gasteiger partial charge in [0.2, 0.25) is 0 Å². The number of nitrogens with zero attached hydrogens (tertiary/aromatic N) is 1. The van der Waals surface area contributed by atoms with E-state index in [1.54, 1.807) is 0 Å². The first-order chi connectivity index (χ1) is 6.77. The summed E-state index contributed by atoms with van der Waals surface area (Å²) in [6.07, 6.45) is 0. The standard InChI is InChI=1S/C10H8N2OS/c13-9-6-8(14)10(12-11-9)7-4-2-1-3-5-7/h1-6H,(H2,11,13,14). The number of H-pyrrole nitrogens is 1. The molecule has 1 aromatic heterocycles. The normalized spacial score (nSPS) is 10.1. The van der Waals surface area contributed by atoms with Gasteiger partial charge in [0, 0.05) is 16.5 Å². The molecule has 0 atom stereocenters. The maximum absolute atomic E-state index is 10.9. The van der Waals surface area contributed by atoms with Crippen LogP contribution in [0.4, 0.5) is 0 Å². The van der Waals surface area contributed by atoms with Crippen LogP contribution in [0.5, 0.6) is 0 Å². The Morgan fingerprint density at radius 3 is 2.57 bits per heavy atom. The number of aromatic amines is 1. The van der Waals surface area contributed by atoms with E-state index in [1.807, 2.05) is 30.3 Å². The van der Waals surface area contributed by atoms with Crippen molar-refractivity contribution in [2.24, 2.45) is 0 Å². The fourth-order valence-electron chi connectivity index (χ4n) is 1.20. The maximum Gasteiger partial charge on any atom is 0.265 e. The molecule has 3 nitrogen and oxygen atoms in total. The van der Waals surface area contributed by atoms with Crippen molar-refractivity contribution in [1.29, 1.82) is 0 Å². The summed E-state index contributed by atoms with van der Waals surface area (Å²) in [5.41, 5.74) is 1.39. The maximum atomic E-state index is 10.9. The molecule has 0 saturated heterocycles. The summed E-state index contributed by atoms with van der Waals surface area (Å²) in [6.45, 7) is 0. The van der Waals surface area contributed by atoms with Crippen LogP contribution in [-0.2, 0) is 0 Å². The van der Waals surface area contributed by atoms with E-state index in [-0.39, 0.29) is 5.56 Å². The molecule has 0 aliphatic rings. The monoisotopic (exact) mass is 204 g/mol. The van der Waals surface area contributed by atoms with Crippen LogP contribution in [0.25, 0.3) is 11.3 Å². The van der Waals surface area contributed by atoms with Gasteiger partial charge in [-0.3, -0.25) is 4.79 Å². The van der Waals surface area contributed by atoms with Crippen molar-refractivity contribution in [3.8, 4) is 11.3 Å². The van der Waals surface area contributed by atoms with Gasteiger partial charge >= 0.3 is 0 Å². The van der Waals surface area contributed by atoms with Crippen molar-refractivity contribution in [3.63, 3.8) is 0 Å². The second-order valence-electron chi connectivity index (χ2n) is 2.83. The Morgan fingerprint density at radius 2 is 1.93 bits per heavy atom. The molecule has 2 rings (SSSR count). The predicted octanol–water partition coefficient (Wildman–Crippen LogP) is 1.73. The lowest BCUT2D eigenvalue weighted by atomic mass is 10.1. The quantitative estimate of drug-likeness (QED) is 0.695. The first kappa shape index (κ1) is 9.02. The van der Waals surface area contributed by atoms with Crippen molar-refractivity contribution in [2.45, 2.75) is 4.90 Å². The first-order valence-corrected chi connectivity index (χ1v) is 4.56. The molecule has 0 radical (unpaired) electrons. The topological polar surface area (TPSA) is 45.8 Å². The molecule has 0 amide bonds. The van der Waals surface area contributed by atoms with Gasteiger partial charge in [-0.2, -0.15) is 5.10 Å². The zero-order valence-electron chi connectivity index (χ0n) is 7.27. The third-order valence-electron chi connectivity index (χ3n) is 1.84. The van der Waals surface area contributed by atoms with Gasteiger partial charge in [0.15, 0.2) is 0 Å². The molecule has 0 aliphatic carbocycles. The fraction of sp³-hybridized carbons (Fsp3) is 0. The van der Waals surface area contributed by atoms with E-state index < -0.39 is 0 Å². The Kier molecular flexibility index (Phi) is 2.37. The number of hydrogen-bond acceptors (Lipinski definition) is 3. The first-order valence-electron chi connectivity index (χ1n) is 4.11. The molecule has 0 fully saturated rings. The summed E-state index contributed by atoms with van der Waals surface area (Å²) >= 11 is 4.20. The third-order valence-corrected chi connectivity index (χ3v) is 2.18. The van der Waals surface area contributed by atoms with Gasteiger partial charge in [-0.05, 0) is 0 Å².